The molecule has 9 heteroatoms. The van der Waals surface area contributed by atoms with E-state index in [0.717, 1.165) is 39.0 Å². The molecule has 3 aromatic rings. The highest BCUT2D eigenvalue weighted by Gasteiger charge is 2.39. The number of likely N-dealkylation sites (N-methyl/N-ethyl adjacent to an activating group) is 1. The first-order chi connectivity index (χ1) is 18.9. The van der Waals surface area contributed by atoms with Gasteiger partial charge in [0.05, 0.1) is 12.7 Å². The van der Waals surface area contributed by atoms with E-state index >= 15 is 0 Å². The third-order valence-corrected chi connectivity index (χ3v) is 8.17. The number of phenolic OH excluding ortho intramolecular Hbond substituents is 1. The van der Waals surface area contributed by atoms with Crippen LogP contribution in [0, 0.1) is 0 Å². The zero-order valence-corrected chi connectivity index (χ0v) is 22.7. The maximum absolute atomic E-state index is 13.1. The number of aromatic hydroxyl groups is 1. The Morgan fingerprint density at radius 3 is 2.46 bits per heavy atom. The lowest BCUT2D eigenvalue weighted by atomic mass is 9.79. The zero-order valence-electron chi connectivity index (χ0n) is 22.7. The Balaban J connectivity index is 1.24. The van der Waals surface area contributed by atoms with Gasteiger partial charge in [0.1, 0.15) is 34.5 Å². The summed E-state index contributed by atoms with van der Waals surface area (Å²) in [5, 5.41) is 13.8. The first-order valence-corrected chi connectivity index (χ1v) is 13.6. The van der Waals surface area contributed by atoms with Gasteiger partial charge in [-0.2, -0.15) is 0 Å². The van der Waals surface area contributed by atoms with Crippen LogP contribution < -0.4 is 20.2 Å². The lowest BCUT2D eigenvalue weighted by Crippen LogP contribution is -2.61. The highest BCUT2D eigenvalue weighted by Crippen LogP contribution is 2.34. The van der Waals surface area contributed by atoms with Crippen LogP contribution in [0.5, 0.6) is 17.2 Å². The van der Waals surface area contributed by atoms with E-state index in [1.54, 1.807) is 31.4 Å². The van der Waals surface area contributed by atoms with Crippen molar-refractivity contribution < 1.29 is 23.8 Å². The predicted octanol–water partition coefficient (Wildman–Crippen LogP) is 3.62. The number of methoxy groups -OCH3 is 1. The zero-order chi connectivity index (χ0) is 27.4. The number of amides is 1. The van der Waals surface area contributed by atoms with Gasteiger partial charge < -0.3 is 29.2 Å². The van der Waals surface area contributed by atoms with Gasteiger partial charge in [0.15, 0.2) is 6.61 Å². The van der Waals surface area contributed by atoms with Gasteiger partial charge in [0.25, 0.3) is 5.91 Å². The minimum atomic E-state index is -0.357. The molecule has 2 aromatic carbocycles. The molecule has 0 spiro atoms. The number of carbonyl (C=O) groups is 1. The van der Waals surface area contributed by atoms with Gasteiger partial charge in [-0.15, -0.1) is 0 Å². The van der Waals surface area contributed by atoms with Crippen LogP contribution in [-0.2, 0) is 4.79 Å². The minimum absolute atomic E-state index is 0.00138. The van der Waals surface area contributed by atoms with Gasteiger partial charge in [-0.3, -0.25) is 14.5 Å². The van der Waals surface area contributed by atoms with E-state index in [-0.39, 0.29) is 46.0 Å². The van der Waals surface area contributed by atoms with Crippen LogP contribution in [0.1, 0.15) is 32.1 Å². The summed E-state index contributed by atoms with van der Waals surface area (Å²) in [5.41, 5.74) is 0.802. The van der Waals surface area contributed by atoms with E-state index in [4.69, 9.17) is 13.9 Å². The molecule has 0 atom stereocenters. The van der Waals surface area contributed by atoms with Gasteiger partial charge in [-0.05, 0) is 37.6 Å². The molecule has 0 unspecified atom stereocenters. The summed E-state index contributed by atoms with van der Waals surface area (Å²) >= 11 is 0. The molecule has 1 saturated heterocycles. The fraction of sp³-hybridized carbons (Fsp3) is 0.467. The first kappa shape index (κ1) is 27.0. The molecule has 0 bridgehead atoms. The standard InChI is InChI=1S/C30H37N3O6/c1-32-12-14-33(15-13-32)30(10-4-3-5-11-30)20-31-27(35)19-38-23-16-25(34)28-26(17-23)39-18-24(29(28)36)21-6-8-22(37-2)9-7-21/h6-9,16-18,34H,3-5,10-15,19-20H2,1-2H3,(H,31,35). The topological polar surface area (TPSA) is 104 Å². The third-order valence-electron chi connectivity index (χ3n) is 8.17. The second-order valence-electron chi connectivity index (χ2n) is 10.7. The predicted molar refractivity (Wildman–Crippen MR) is 150 cm³/mol. The largest absolute Gasteiger partial charge is 0.507 e. The summed E-state index contributed by atoms with van der Waals surface area (Å²) in [6, 6.07) is 9.88. The van der Waals surface area contributed by atoms with Crippen LogP contribution >= 0.6 is 0 Å². The smallest absolute Gasteiger partial charge is 0.258 e. The van der Waals surface area contributed by atoms with E-state index in [1.165, 1.54) is 37.7 Å². The van der Waals surface area contributed by atoms with Crippen LogP contribution in [0.3, 0.4) is 0 Å². The van der Waals surface area contributed by atoms with Crippen molar-refractivity contribution >= 4 is 16.9 Å². The lowest BCUT2D eigenvalue weighted by molar-refractivity contribution is -0.124. The van der Waals surface area contributed by atoms with Gasteiger partial charge in [-0.1, -0.05) is 31.4 Å². The third kappa shape index (κ3) is 5.89. The monoisotopic (exact) mass is 535 g/mol. The molecule has 2 heterocycles. The fourth-order valence-electron chi connectivity index (χ4n) is 5.82. The molecule has 2 N–H and O–H groups in total. The Bertz CT molecular complexity index is 1360. The number of benzene rings is 2. The number of nitrogens with zero attached hydrogens (tertiary/aromatic N) is 2. The minimum Gasteiger partial charge on any atom is -0.507 e. The molecule has 5 rings (SSSR count). The molecule has 1 aliphatic carbocycles. The number of hydrogen-bond donors (Lipinski definition) is 2. The lowest BCUT2D eigenvalue weighted by Gasteiger charge is -2.49. The van der Waals surface area contributed by atoms with E-state index in [0.29, 0.717) is 23.4 Å². The Kier molecular flexibility index (Phi) is 8.09. The molecule has 208 valence electrons. The van der Waals surface area contributed by atoms with Gasteiger partial charge in [0.2, 0.25) is 5.43 Å². The number of piperazine rings is 1. The average molecular weight is 536 g/mol. The Morgan fingerprint density at radius 1 is 1.05 bits per heavy atom. The van der Waals surface area contributed by atoms with Crippen molar-refractivity contribution in [1.82, 2.24) is 15.1 Å². The van der Waals surface area contributed by atoms with E-state index in [1.807, 2.05) is 0 Å². The van der Waals surface area contributed by atoms with E-state index < -0.39 is 0 Å². The summed E-state index contributed by atoms with van der Waals surface area (Å²) in [5.74, 6) is 0.445. The summed E-state index contributed by atoms with van der Waals surface area (Å²) in [6.45, 7) is 4.53. The van der Waals surface area contributed by atoms with E-state index in [2.05, 4.69) is 22.2 Å². The maximum Gasteiger partial charge on any atom is 0.258 e. The van der Waals surface area contributed by atoms with Crippen LogP contribution in [0.4, 0.5) is 0 Å². The van der Waals surface area contributed by atoms with Crippen LogP contribution in [0.2, 0.25) is 0 Å². The summed E-state index contributed by atoms with van der Waals surface area (Å²) in [6.07, 6.45) is 7.16. The average Bonchev–Trinajstić information content (AvgIpc) is 2.96. The molecular weight excluding hydrogens is 498 g/mol. The molecule has 0 radical (unpaired) electrons. The van der Waals surface area contributed by atoms with Crippen molar-refractivity contribution in [2.45, 2.75) is 37.6 Å². The molecule has 1 aromatic heterocycles. The SMILES string of the molecule is COc1ccc(-c2coc3cc(OCC(=O)NCC4(N5CCN(C)CC5)CCCCC4)cc(O)c3c2=O)cc1. The van der Waals surface area contributed by atoms with Crippen molar-refractivity contribution in [3.63, 3.8) is 0 Å². The normalized spacial score (nSPS) is 18.1. The second-order valence-corrected chi connectivity index (χ2v) is 10.7. The molecule has 1 saturated carbocycles. The summed E-state index contributed by atoms with van der Waals surface area (Å²) in [4.78, 5) is 30.8. The van der Waals surface area contributed by atoms with Gasteiger partial charge >= 0.3 is 0 Å². The van der Waals surface area contributed by atoms with Crippen LogP contribution in [-0.4, -0.2) is 79.8 Å². The molecule has 9 nitrogen and oxygen atoms in total. The van der Waals surface area contributed by atoms with Crippen LogP contribution in [0.25, 0.3) is 22.1 Å². The number of phenols is 1. The molecule has 1 amide bonds. The number of ether oxygens (including phenoxy) is 2. The van der Waals surface area contributed by atoms with Crippen molar-refractivity contribution in [3.05, 3.63) is 52.9 Å². The van der Waals surface area contributed by atoms with Crippen molar-refractivity contribution in [2.24, 2.45) is 0 Å². The molecule has 2 aliphatic rings. The summed E-state index contributed by atoms with van der Waals surface area (Å²) < 4.78 is 16.6. The summed E-state index contributed by atoms with van der Waals surface area (Å²) in [7, 11) is 3.72. The van der Waals surface area contributed by atoms with Crippen LogP contribution in [0.15, 0.2) is 51.9 Å². The highest BCUT2D eigenvalue weighted by atomic mass is 16.5. The van der Waals surface area contributed by atoms with Gasteiger partial charge in [0, 0.05) is 50.4 Å². The number of rotatable bonds is 8. The number of hydrogen-bond acceptors (Lipinski definition) is 8. The maximum atomic E-state index is 13.1. The fourth-order valence-corrected chi connectivity index (χ4v) is 5.82. The second kappa shape index (κ2) is 11.7. The molecule has 1 aliphatic heterocycles. The van der Waals surface area contributed by atoms with Crippen molar-refractivity contribution in [3.8, 4) is 28.4 Å². The Labute approximate surface area is 228 Å². The first-order valence-electron chi connectivity index (χ1n) is 13.6. The van der Waals surface area contributed by atoms with Crippen molar-refractivity contribution in [1.29, 1.82) is 0 Å². The number of fused-ring (bicyclic) bond motifs is 1. The molecular formula is C30H37N3O6. The Morgan fingerprint density at radius 2 is 1.77 bits per heavy atom. The van der Waals surface area contributed by atoms with Gasteiger partial charge in [-0.25, -0.2) is 0 Å². The number of nitrogens with one attached hydrogen (secondary N) is 1. The quantitative estimate of drug-likeness (QED) is 0.451. The highest BCUT2D eigenvalue weighted by molar-refractivity contribution is 5.88. The van der Waals surface area contributed by atoms with Crippen molar-refractivity contribution in [2.75, 3.05) is 53.5 Å². The number of carbonyl (C=O) groups excluding carboxylic acids is 1. The Hall–Kier alpha value is -3.56. The van der Waals surface area contributed by atoms with E-state index in [9.17, 15) is 14.7 Å². The molecule has 2 fully saturated rings. The molecule has 39 heavy (non-hydrogen) atoms.